The molecule has 0 unspecified atom stereocenters. The van der Waals surface area contributed by atoms with Crippen molar-refractivity contribution >= 4 is 0 Å². The maximum Gasteiger partial charge on any atom is 0.123 e. The SMILES string of the molecule is CC1=CCN(CCOc2ccccc2CN)CC1. The van der Waals surface area contributed by atoms with Gasteiger partial charge in [-0.3, -0.25) is 4.90 Å². The molecule has 0 aliphatic carbocycles. The summed E-state index contributed by atoms with van der Waals surface area (Å²) in [6.07, 6.45) is 3.48. The van der Waals surface area contributed by atoms with E-state index < -0.39 is 0 Å². The maximum atomic E-state index is 5.82. The first kappa shape index (κ1) is 13.1. The normalized spacial score (nSPS) is 16.4. The zero-order chi connectivity index (χ0) is 12.8. The summed E-state index contributed by atoms with van der Waals surface area (Å²) in [5.74, 6) is 0.920. The highest BCUT2D eigenvalue weighted by molar-refractivity contribution is 5.32. The monoisotopic (exact) mass is 246 g/mol. The molecule has 1 aromatic carbocycles. The predicted octanol–water partition coefficient (Wildman–Crippen LogP) is 2.18. The van der Waals surface area contributed by atoms with Gasteiger partial charge in [-0.2, -0.15) is 0 Å². The minimum atomic E-state index is 0.530. The van der Waals surface area contributed by atoms with E-state index in [0.717, 1.165) is 37.6 Å². The number of hydrogen-bond acceptors (Lipinski definition) is 3. The number of nitrogens with two attached hydrogens (primary N) is 1. The third-order valence-electron chi connectivity index (χ3n) is 3.38. The Morgan fingerprint density at radius 3 is 2.89 bits per heavy atom. The van der Waals surface area contributed by atoms with Crippen molar-refractivity contribution in [3.8, 4) is 5.75 Å². The summed E-state index contributed by atoms with van der Waals surface area (Å²) in [4.78, 5) is 2.41. The van der Waals surface area contributed by atoms with Crippen molar-refractivity contribution in [1.82, 2.24) is 4.90 Å². The van der Waals surface area contributed by atoms with E-state index in [4.69, 9.17) is 10.5 Å². The average molecular weight is 246 g/mol. The summed E-state index contributed by atoms with van der Waals surface area (Å²) in [6, 6.07) is 7.99. The molecule has 0 atom stereocenters. The van der Waals surface area contributed by atoms with Gasteiger partial charge in [0.25, 0.3) is 0 Å². The lowest BCUT2D eigenvalue weighted by Gasteiger charge is -2.25. The molecule has 0 amide bonds. The number of benzene rings is 1. The Morgan fingerprint density at radius 2 is 2.17 bits per heavy atom. The van der Waals surface area contributed by atoms with Crippen molar-refractivity contribution in [1.29, 1.82) is 0 Å². The van der Waals surface area contributed by atoms with Crippen molar-refractivity contribution in [2.45, 2.75) is 19.9 Å². The van der Waals surface area contributed by atoms with Gasteiger partial charge in [-0.25, -0.2) is 0 Å². The van der Waals surface area contributed by atoms with Crippen LogP contribution in [0.25, 0.3) is 0 Å². The lowest BCUT2D eigenvalue weighted by molar-refractivity contribution is 0.218. The summed E-state index contributed by atoms with van der Waals surface area (Å²) >= 11 is 0. The minimum Gasteiger partial charge on any atom is -0.492 e. The molecular formula is C15H22N2O. The van der Waals surface area contributed by atoms with Gasteiger partial charge in [-0.05, 0) is 19.4 Å². The van der Waals surface area contributed by atoms with E-state index in [1.54, 1.807) is 0 Å². The van der Waals surface area contributed by atoms with Crippen LogP contribution in [0.1, 0.15) is 18.9 Å². The zero-order valence-electron chi connectivity index (χ0n) is 11.1. The zero-order valence-corrected chi connectivity index (χ0v) is 11.1. The van der Waals surface area contributed by atoms with Crippen molar-refractivity contribution in [2.75, 3.05) is 26.2 Å². The van der Waals surface area contributed by atoms with Gasteiger partial charge in [-0.15, -0.1) is 0 Å². The molecule has 2 N–H and O–H groups in total. The molecule has 0 radical (unpaired) electrons. The molecule has 1 aliphatic heterocycles. The van der Waals surface area contributed by atoms with Crippen LogP contribution in [0.3, 0.4) is 0 Å². The van der Waals surface area contributed by atoms with Gasteiger partial charge in [0.15, 0.2) is 0 Å². The molecule has 1 aliphatic rings. The molecular weight excluding hydrogens is 224 g/mol. The van der Waals surface area contributed by atoms with Crippen LogP contribution >= 0.6 is 0 Å². The van der Waals surface area contributed by atoms with Crippen molar-refractivity contribution in [2.24, 2.45) is 5.73 Å². The largest absolute Gasteiger partial charge is 0.492 e. The molecule has 98 valence electrons. The van der Waals surface area contributed by atoms with Crippen LogP contribution in [0.5, 0.6) is 5.75 Å². The van der Waals surface area contributed by atoms with Gasteiger partial charge in [0.05, 0.1) is 0 Å². The summed E-state index contributed by atoms with van der Waals surface area (Å²) < 4.78 is 5.82. The van der Waals surface area contributed by atoms with Crippen LogP contribution in [-0.4, -0.2) is 31.1 Å². The first-order valence-corrected chi connectivity index (χ1v) is 6.58. The summed E-state index contributed by atoms with van der Waals surface area (Å²) in [5, 5.41) is 0. The van der Waals surface area contributed by atoms with E-state index in [0.29, 0.717) is 6.54 Å². The van der Waals surface area contributed by atoms with Crippen LogP contribution in [0.4, 0.5) is 0 Å². The van der Waals surface area contributed by atoms with Gasteiger partial charge >= 0.3 is 0 Å². The Kier molecular flexibility index (Phi) is 4.79. The fourth-order valence-electron chi connectivity index (χ4n) is 2.11. The van der Waals surface area contributed by atoms with E-state index in [-0.39, 0.29) is 0 Å². The molecule has 0 saturated heterocycles. The Balaban J connectivity index is 1.78. The highest BCUT2D eigenvalue weighted by Gasteiger charge is 2.09. The fourth-order valence-corrected chi connectivity index (χ4v) is 2.11. The van der Waals surface area contributed by atoms with E-state index in [1.807, 2.05) is 24.3 Å². The van der Waals surface area contributed by atoms with Gasteiger partial charge in [0, 0.05) is 31.7 Å². The third-order valence-corrected chi connectivity index (χ3v) is 3.38. The second-order valence-corrected chi connectivity index (χ2v) is 4.76. The first-order valence-electron chi connectivity index (χ1n) is 6.58. The van der Waals surface area contributed by atoms with Gasteiger partial charge in [0.1, 0.15) is 12.4 Å². The van der Waals surface area contributed by atoms with Gasteiger partial charge < -0.3 is 10.5 Å². The topological polar surface area (TPSA) is 38.5 Å². The van der Waals surface area contributed by atoms with Crippen molar-refractivity contribution in [3.63, 3.8) is 0 Å². The number of rotatable bonds is 5. The smallest absolute Gasteiger partial charge is 0.123 e. The predicted molar refractivity (Wildman–Crippen MR) is 74.6 cm³/mol. The quantitative estimate of drug-likeness (QED) is 0.809. The minimum absolute atomic E-state index is 0.530. The van der Waals surface area contributed by atoms with Gasteiger partial charge in [-0.1, -0.05) is 29.8 Å². The number of para-hydroxylation sites is 1. The second kappa shape index (κ2) is 6.57. The van der Waals surface area contributed by atoms with E-state index in [2.05, 4.69) is 17.9 Å². The molecule has 0 fully saturated rings. The summed E-state index contributed by atoms with van der Waals surface area (Å²) in [7, 11) is 0. The molecule has 3 heteroatoms. The number of ether oxygens (including phenoxy) is 1. The van der Waals surface area contributed by atoms with Crippen molar-refractivity contribution < 1.29 is 4.74 Å². The molecule has 0 bridgehead atoms. The van der Waals surface area contributed by atoms with E-state index in [1.165, 1.54) is 12.0 Å². The number of nitrogens with zero attached hydrogens (tertiary/aromatic N) is 1. The highest BCUT2D eigenvalue weighted by atomic mass is 16.5. The Labute approximate surface area is 109 Å². The molecule has 0 spiro atoms. The molecule has 2 rings (SSSR count). The maximum absolute atomic E-state index is 5.82. The molecule has 1 heterocycles. The van der Waals surface area contributed by atoms with Crippen LogP contribution in [0.2, 0.25) is 0 Å². The molecule has 0 saturated carbocycles. The Hall–Kier alpha value is -1.32. The van der Waals surface area contributed by atoms with Gasteiger partial charge in [0.2, 0.25) is 0 Å². The second-order valence-electron chi connectivity index (χ2n) is 4.76. The highest BCUT2D eigenvalue weighted by Crippen LogP contribution is 2.17. The lowest BCUT2D eigenvalue weighted by atomic mass is 10.1. The van der Waals surface area contributed by atoms with Crippen LogP contribution in [-0.2, 0) is 6.54 Å². The Morgan fingerprint density at radius 1 is 1.33 bits per heavy atom. The van der Waals surface area contributed by atoms with E-state index >= 15 is 0 Å². The first-order chi connectivity index (χ1) is 8.79. The van der Waals surface area contributed by atoms with E-state index in [9.17, 15) is 0 Å². The molecule has 18 heavy (non-hydrogen) atoms. The summed E-state index contributed by atoms with van der Waals surface area (Å²) in [5.41, 5.74) is 8.26. The number of hydrogen-bond donors (Lipinski definition) is 1. The van der Waals surface area contributed by atoms with Crippen LogP contribution in [0.15, 0.2) is 35.9 Å². The standard InChI is InChI=1S/C15H22N2O/c1-13-6-8-17(9-7-13)10-11-18-15-5-3-2-4-14(15)12-16/h2-6H,7-12,16H2,1H3. The average Bonchev–Trinajstić information content (AvgIpc) is 2.41. The molecule has 3 nitrogen and oxygen atoms in total. The van der Waals surface area contributed by atoms with Crippen LogP contribution < -0.4 is 10.5 Å². The summed E-state index contributed by atoms with van der Waals surface area (Å²) in [6.45, 7) is 6.62. The fraction of sp³-hybridized carbons (Fsp3) is 0.467. The van der Waals surface area contributed by atoms with Crippen LogP contribution in [0, 0.1) is 0 Å². The Bertz CT molecular complexity index is 415. The third kappa shape index (κ3) is 3.59. The molecule has 1 aromatic rings. The van der Waals surface area contributed by atoms with Crippen molar-refractivity contribution in [3.05, 3.63) is 41.5 Å². The molecule has 0 aromatic heterocycles. The lowest BCUT2D eigenvalue weighted by Crippen LogP contribution is -2.32.